The van der Waals surface area contributed by atoms with Gasteiger partial charge in [-0.1, -0.05) is 35.9 Å². The number of para-hydroxylation sites is 2. The number of esters is 1. The number of amides is 2. The molecule has 0 bridgehead atoms. The molecule has 0 saturated heterocycles. The molecular formula is C28H25ClN2O5. The quantitative estimate of drug-likeness (QED) is 0.254. The standard InChI is InChI=1S/C28H25ClN2O5/c1-5-35-22-9-7-6-8-21(22)31-26(32)23(29)24(27(31)33)30-20-14-12-19(13-15-20)28(34)36-25-17(3)11-10-16(2)18(25)4/h6-15,30H,5H2,1-4H3. The fourth-order valence-electron chi connectivity index (χ4n) is 3.82. The van der Waals surface area contributed by atoms with Crippen molar-refractivity contribution in [3.63, 3.8) is 0 Å². The average molecular weight is 505 g/mol. The Morgan fingerprint density at radius 2 is 1.58 bits per heavy atom. The molecule has 1 N–H and O–H groups in total. The number of nitrogens with zero attached hydrogens (tertiary/aromatic N) is 1. The van der Waals surface area contributed by atoms with Crippen LogP contribution in [0.25, 0.3) is 0 Å². The maximum atomic E-state index is 13.1. The first-order valence-corrected chi connectivity index (χ1v) is 11.8. The Bertz CT molecular complexity index is 1400. The molecule has 0 aromatic heterocycles. The summed E-state index contributed by atoms with van der Waals surface area (Å²) in [4.78, 5) is 39.7. The molecule has 4 rings (SSSR count). The molecule has 0 radical (unpaired) electrons. The molecular weight excluding hydrogens is 480 g/mol. The van der Waals surface area contributed by atoms with Gasteiger partial charge in [0.1, 0.15) is 22.2 Å². The van der Waals surface area contributed by atoms with Crippen molar-refractivity contribution in [3.05, 3.63) is 93.6 Å². The third kappa shape index (κ3) is 4.70. The zero-order valence-corrected chi connectivity index (χ0v) is 21.1. The van der Waals surface area contributed by atoms with Crippen molar-refractivity contribution in [2.24, 2.45) is 0 Å². The van der Waals surface area contributed by atoms with Crippen molar-refractivity contribution < 1.29 is 23.9 Å². The van der Waals surface area contributed by atoms with Gasteiger partial charge in [0.05, 0.1) is 17.9 Å². The van der Waals surface area contributed by atoms with Crippen LogP contribution in [0.5, 0.6) is 11.5 Å². The highest BCUT2D eigenvalue weighted by atomic mass is 35.5. The van der Waals surface area contributed by atoms with Gasteiger partial charge >= 0.3 is 5.97 Å². The molecule has 0 fully saturated rings. The van der Waals surface area contributed by atoms with Gasteiger partial charge in [0.2, 0.25) is 0 Å². The highest BCUT2D eigenvalue weighted by Gasteiger charge is 2.40. The summed E-state index contributed by atoms with van der Waals surface area (Å²) < 4.78 is 11.2. The smallest absolute Gasteiger partial charge is 0.343 e. The molecule has 2 amide bonds. The maximum Gasteiger partial charge on any atom is 0.343 e. The minimum absolute atomic E-state index is 0.0608. The third-order valence-electron chi connectivity index (χ3n) is 5.89. The van der Waals surface area contributed by atoms with Crippen LogP contribution in [0.15, 0.2) is 71.4 Å². The number of carbonyl (C=O) groups excluding carboxylic acids is 3. The molecule has 0 atom stereocenters. The van der Waals surface area contributed by atoms with Crippen LogP contribution in [-0.2, 0) is 9.59 Å². The highest BCUT2D eigenvalue weighted by Crippen LogP contribution is 2.35. The van der Waals surface area contributed by atoms with Crippen molar-refractivity contribution in [2.45, 2.75) is 27.7 Å². The second-order valence-corrected chi connectivity index (χ2v) is 8.66. The first kappa shape index (κ1) is 25.0. The Morgan fingerprint density at radius 3 is 2.28 bits per heavy atom. The summed E-state index contributed by atoms with van der Waals surface area (Å²) in [5, 5.41) is 2.67. The van der Waals surface area contributed by atoms with E-state index in [1.165, 1.54) is 0 Å². The van der Waals surface area contributed by atoms with E-state index in [1.807, 2.05) is 39.8 Å². The number of hydrogen-bond acceptors (Lipinski definition) is 6. The second kappa shape index (κ2) is 10.3. The van der Waals surface area contributed by atoms with Gasteiger partial charge in [-0.15, -0.1) is 0 Å². The lowest BCUT2D eigenvalue weighted by Gasteiger charge is -2.18. The summed E-state index contributed by atoms with van der Waals surface area (Å²) in [6, 6.07) is 17.0. The number of carbonyl (C=O) groups is 3. The third-order valence-corrected chi connectivity index (χ3v) is 6.24. The van der Waals surface area contributed by atoms with Gasteiger partial charge in [-0.05, 0) is 80.8 Å². The summed E-state index contributed by atoms with van der Waals surface area (Å²) in [6.07, 6.45) is 0. The number of benzene rings is 3. The van der Waals surface area contributed by atoms with E-state index in [0.29, 0.717) is 35.0 Å². The van der Waals surface area contributed by atoms with E-state index >= 15 is 0 Å². The van der Waals surface area contributed by atoms with Gasteiger partial charge in [-0.2, -0.15) is 0 Å². The number of ether oxygens (including phenoxy) is 2. The van der Waals surface area contributed by atoms with Gasteiger partial charge in [0.25, 0.3) is 11.8 Å². The topological polar surface area (TPSA) is 84.9 Å². The predicted octanol–water partition coefficient (Wildman–Crippen LogP) is 5.67. The van der Waals surface area contributed by atoms with Gasteiger partial charge in [0.15, 0.2) is 0 Å². The van der Waals surface area contributed by atoms with Gasteiger partial charge in [-0.3, -0.25) is 9.59 Å². The van der Waals surface area contributed by atoms with Crippen LogP contribution >= 0.6 is 11.6 Å². The average Bonchev–Trinajstić information content (AvgIpc) is 3.08. The second-order valence-electron chi connectivity index (χ2n) is 8.28. The molecule has 184 valence electrons. The Hall–Kier alpha value is -4.10. The number of halogens is 1. The summed E-state index contributed by atoms with van der Waals surface area (Å²) in [6.45, 7) is 7.93. The number of imide groups is 1. The van der Waals surface area contributed by atoms with Crippen LogP contribution in [0.3, 0.4) is 0 Å². The number of nitrogens with one attached hydrogen (secondary N) is 1. The first-order valence-electron chi connectivity index (χ1n) is 11.4. The molecule has 8 heteroatoms. The van der Waals surface area contributed by atoms with Crippen LogP contribution in [0.1, 0.15) is 34.0 Å². The Labute approximate surface area is 214 Å². The monoisotopic (exact) mass is 504 g/mol. The molecule has 1 aliphatic heterocycles. The van der Waals surface area contributed by atoms with Crippen molar-refractivity contribution in [2.75, 3.05) is 16.8 Å². The van der Waals surface area contributed by atoms with E-state index in [4.69, 9.17) is 21.1 Å². The van der Waals surface area contributed by atoms with Crippen molar-refractivity contribution in [1.29, 1.82) is 0 Å². The summed E-state index contributed by atoms with van der Waals surface area (Å²) >= 11 is 6.25. The summed E-state index contributed by atoms with van der Waals surface area (Å²) in [5.41, 5.74) is 3.86. The van der Waals surface area contributed by atoms with Crippen molar-refractivity contribution >= 4 is 40.8 Å². The minimum Gasteiger partial charge on any atom is -0.492 e. The lowest BCUT2D eigenvalue weighted by Crippen LogP contribution is -2.32. The van der Waals surface area contributed by atoms with E-state index in [9.17, 15) is 14.4 Å². The predicted molar refractivity (Wildman–Crippen MR) is 139 cm³/mol. The largest absolute Gasteiger partial charge is 0.492 e. The van der Waals surface area contributed by atoms with Gasteiger partial charge < -0.3 is 14.8 Å². The number of anilines is 2. The molecule has 0 aliphatic carbocycles. The van der Waals surface area contributed by atoms with Crippen LogP contribution in [0, 0.1) is 20.8 Å². The fourth-order valence-corrected chi connectivity index (χ4v) is 4.03. The normalized spacial score (nSPS) is 13.3. The van der Waals surface area contributed by atoms with E-state index < -0.39 is 17.8 Å². The first-order chi connectivity index (χ1) is 17.2. The Balaban J connectivity index is 1.51. The van der Waals surface area contributed by atoms with Crippen LogP contribution in [0.4, 0.5) is 11.4 Å². The fraction of sp³-hybridized carbons (Fsp3) is 0.179. The van der Waals surface area contributed by atoms with Crippen LogP contribution in [0.2, 0.25) is 0 Å². The van der Waals surface area contributed by atoms with E-state index in [1.54, 1.807) is 48.5 Å². The van der Waals surface area contributed by atoms with Gasteiger partial charge in [-0.25, -0.2) is 9.69 Å². The van der Waals surface area contributed by atoms with E-state index in [2.05, 4.69) is 5.32 Å². The van der Waals surface area contributed by atoms with E-state index in [-0.39, 0.29) is 10.7 Å². The molecule has 3 aromatic carbocycles. The molecule has 36 heavy (non-hydrogen) atoms. The highest BCUT2D eigenvalue weighted by molar-refractivity contribution is 6.53. The number of aryl methyl sites for hydroxylation is 2. The van der Waals surface area contributed by atoms with Gasteiger partial charge in [0, 0.05) is 5.69 Å². The molecule has 7 nitrogen and oxygen atoms in total. The Kier molecular flexibility index (Phi) is 7.12. The molecule has 0 unspecified atom stereocenters. The molecule has 0 spiro atoms. The van der Waals surface area contributed by atoms with Crippen LogP contribution in [-0.4, -0.2) is 24.4 Å². The van der Waals surface area contributed by atoms with Crippen molar-refractivity contribution in [1.82, 2.24) is 0 Å². The number of hydrogen-bond donors (Lipinski definition) is 1. The lowest BCUT2D eigenvalue weighted by atomic mass is 10.1. The Morgan fingerprint density at radius 1 is 0.917 bits per heavy atom. The van der Waals surface area contributed by atoms with Crippen molar-refractivity contribution in [3.8, 4) is 11.5 Å². The lowest BCUT2D eigenvalue weighted by molar-refractivity contribution is -0.120. The minimum atomic E-state index is -0.652. The molecule has 3 aromatic rings. The zero-order chi connectivity index (χ0) is 26.0. The SMILES string of the molecule is CCOc1ccccc1N1C(=O)C(Cl)=C(Nc2ccc(C(=O)Oc3c(C)ccc(C)c3C)cc2)C1=O. The number of rotatable bonds is 7. The van der Waals surface area contributed by atoms with E-state index in [0.717, 1.165) is 21.6 Å². The summed E-state index contributed by atoms with van der Waals surface area (Å²) in [7, 11) is 0. The molecule has 0 saturated carbocycles. The van der Waals surface area contributed by atoms with Crippen LogP contribution < -0.4 is 19.7 Å². The zero-order valence-electron chi connectivity index (χ0n) is 20.3. The summed E-state index contributed by atoms with van der Waals surface area (Å²) in [5.74, 6) is -0.816. The molecule has 1 heterocycles. The molecule has 1 aliphatic rings. The maximum absolute atomic E-state index is 13.1.